The van der Waals surface area contributed by atoms with Gasteiger partial charge in [-0.25, -0.2) is 0 Å². The highest BCUT2D eigenvalue weighted by molar-refractivity contribution is 6.27. The van der Waals surface area contributed by atoms with E-state index in [1.807, 2.05) is 0 Å². The van der Waals surface area contributed by atoms with Gasteiger partial charge in [0.05, 0.1) is 13.2 Å². The van der Waals surface area contributed by atoms with Crippen molar-refractivity contribution in [2.75, 3.05) is 45.9 Å². The highest BCUT2D eigenvalue weighted by Crippen LogP contribution is 2.10. The van der Waals surface area contributed by atoms with Crippen LogP contribution in [0.1, 0.15) is 12.8 Å². The van der Waals surface area contributed by atoms with Gasteiger partial charge >= 0.3 is 0 Å². The molecule has 0 radical (unpaired) electrons. The van der Waals surface area contributed by atoms with Crippen molar-refractivity contribution in [3.8, 4) is 0 Å². The molecule has 0 bridgehead atoms. The largest absolute Gasteiger partial charge is 0.382 e. The molecule has 0 spiro atoms. The number of piperidine rings is 1. The second-order valence-corrected chi connectivity index (χ2v) is 4.67. The first-order valence-corrected chi connectivity index (χ1v) is 6.90. The minimum atomic E-state index is -0.158. The zero-order valence-corrected chi connectivity index (χ0v) is 11.9. The Balaban J connectivity index is 2.18. The fourth-order valence-corrected chi connectivity index (χ4v) is 2.01. The van der Waals surface area contributed by atoms with Crippen LogP contribution in [0.4, 0.5) is 0 Å². The van der Waals surface area contributed by atoms with Gasteiger partial charge in [-0.15, -0.1) is 11.6 Å². The van der Waals surface area contributed by atoms with E-state index in [9.17, 15) is 9.59 Å². The van der Waals surface area contributed by atoms with Crippen LogP contribution in [0.25, 0.3) is 0 Å². The van der Waals surface area contributed by atoms with Crippen molar-refractivity contribution >= 4 is 23.4 Å². The molecule has 1 heterocycles. The Labute approximate surface area is 118 Å². The third kappa shape index (κ3) is 6.22. The molecule has 19 heavy (non-hydrogen) atoms. The van der Waals surface area contributed by atoms with Gasteiger partial charge in [0, 0.05) is 26.2 Å². The Kier molecular flexibility index (Phi) is 7.78. The predicted octanol–water partition coefficient (Wildman–Crippen LogP) is -0.00460. The molecule has 0 atom stereocenters. The van der Waals surface area contributed by atoms with Gasteiger partial charge in [-0.1, -0.05) is 0 Å². The highest BCUT2D eigenvalue weighted by atomic mass is 35.5. The van der Waals surface area contributed by atoms with Crippen molar-refractivity contribution in [1.82, 2.24) is 10.2 Å². The van der Waals surface area contributed by atoms with Crippen LogP contribution in [-0.2, 0) is 19.1 Å². The number of nitrogens with one attached hydrogen (secondary N) is 1. The van der Waals surface area contributed by atoms with E-state index in [0.717, 1.165) is 12.8 Å². The molecule has 1 rings (SSSR count). The number of methoxy groups -OCH3 is 1. The van der Waals surface area contributed by atoms with Crippen LogP contribution in [-0.4, -0.2) is 68.7 Å². The van der Waals surface area contributed by atoms with Crippen molar-refractivity contribution in [3.63, 3.8) is 0 Å². The molecular weight excluding hydrogens is 272 g/mol. The van der Waals surface area contributed by atoms with Crippen molar-refractivity contribution in [2.45, 2.75) is 18.9 Å². The van der Waals surface area contributed by atoms with Crippen molar-refractivity contribution in [2.24, 2.45) is 0 Å². The molecule has 1 saturated heterocycles. The first-order chi connectivity index (χ1) is 9.17. The lowest BCUT2D eigenvalue weighted by Crippen LogP contribution is -2.47. The summed E-state index contributed by atoms with van der Waals surface area (Å²) in [6.45, 7) is 2.27. The zero-order valence-electron chi connectivity index (χ0n) is 11.2. The lowest BCUT2D eigenvalue weighted by molar-refractivity contribution is -0.137. The van der Waals surface area contributed by atoms with Crippen LogP contribution >= 0.6 is 11.6 Å². The normalized spacial score (nSPS) is 16.4. The fourth-order valence-electron chi connectivity index (χ4n) is 1.93. The van der Waals surface area contributed by atoms with Crippen molar-refractivity contribution in [3.05, 3.63) is 0 Å². The molecule has 0 aromatic heterocycles. The van der Waals surface area contributed by atoms with Crippen LogP contribution in [0.5, 0.6) is 0 Å². The summed E-state index contributed by atoms with van der Waals surface area (Å²) in [4.78, 5) is 24.7. The average Bonchev–Trinajstić information content (AvgIpc) is 2.44. The van der Waals surface area contributed by atoms with Gasteiger partial charge in [0.15, 0.2) is 0 Å². The standard InChI is InChI=1S/C12H21ClN2O4/c1-18-6-7-19-9-12(17)15-4-2-10(3-5-15)14-11(16)8-13/h10H,2-9H2,1H3,(H,14,16). The van der Waals surface area contributed by atoms with Gasteiger partial charge in [-0.2, -0.15) is 0 Å². The summed E-state index contributed by atoms with van der Waals surface area (Å²) < 4.78 is 10.0. The molecule has 110 valence electrons. The molecule has 7 heteroatoms. The number of halogens is 1. The third-order valence-corrected chi connectivity index (χ3v) is 3.23. The Morgan fingerprint density at radius 1 is 1.32 bits per heavy atom. The Hall–Kier alpha value is -0.850. The molecule has 0 aromatic rings. The number of likely N-dealkylation sites (tertiary alicyclic amines) is 1. The van der Waals surface area contributed by atoms with Gasteiger partial charge in [0.1, 0.15) is 12.5 Å². The number of hydrogen-bond donors (Lipinski definition) is 1. The second-order valence-electron chi connectivity index (χ2n) is 4.40. The maximum atomic E-state index is 11.8. The molecule has 2 amide bonds. The predicted molar refractivity (Wildman–Crippen MR) is 71.2 cm³/mol. The summed E-state index contributed by atoms with van der Waals surface area (Å²) in [5.74, 6) is -0.195. The highest BCUT2D eigenvalue weighted by Gasteiger charge is 2.23. The molecule has 0 aromatic carbocycles. The SMILES string of the molecule is COCCOCC(=O)N1CCC(NC(=O)CCl)CC1. The molecule has 1 fully saturated rings. The zero-order chi connectivity index (χ0) is 14.1. The number of carbonyl (C=O) groups excluding carboxylic acids is 2. The van der Waals surface area contributed by atoms with Crippen LogP contribution in [0.3, 0.4) is 0 Å². The molecule has 6 nitrogen and oxygen atoms in total. The smallest absolute Gasteiger partial charge is 0.248 e. The van der Waals surface area contributed by atoms with Crippen LogP contribution in [0, 0.1) is 0 Å². The van der Waals surface area contributed by atoms with Crippen LogP contribution in [0.15, 0.2) is 0 Å². The van der Waals surface area contributed by atoms with Crippen LogP contribution < -0.4 is 5.32 Å². The maximum Gasteiger partial charge on any atom is 0.248 e. The summed E-state index contributed by atoms with van der Waals surface area (Å²) >= 11 is 5.43. The summed E-state index contributed by atoms with van der Waals surface area (Å²) in [7, 11) is 1.59. The van der Waals surface area contributed by atoms with Crippen molar-refractivity contribution in [1.29, 1.82) is 0 Å². The number of ether oxygens (including phenoxy) is 2. The molecule has 1 N–H and O–H groups in total. The molecular formula is C12H21ClN2O4. The maximum absolute atomic E-state index is 11.8. The lowest BCUT2D eigenvalue weighted by Gasteiger charge is -2.32. The van der Waals surface area contributed by atoms with E-state index in [1.54, 1.807) is 12.0 Å². The summed E-state index contributed by atoms with van der Waals surface area (Å²) in [6, 6.07) is 0.115. The number of amides is 2. The Morgan fingerprint density at radius 3 is 2.58 bits per heavy atom. The average molecular weight is 293 g/mol. The van der Waals surface area contributed by atoms with Crippen LogP contribution in [0.2, 0.25) is 0 Å². The first kappa shape index (κ1) is 16.2. The number of hydrogen-bond acceptors (Lipinski definition) is 4. The second kappa shape index (κ2) is 9.12. The Morgan fingerprint density at radius 2 is 2.00 bits per heavy atom. The quantitative estimate of drug-likeness (QED) is 0.530. The molecule has 0 saturated carbocycles. The van der Waals surface area contributed by atoms with Gasteiger partial charge in [0.25, 0.3) is 0 Å². The van der Waals surface area contributed by atoms with E-state index in [0.29, 0.717) is 26.3 Å². The summed E-state index contributed by atoms with van der Waals surface area (Å²) in [5.41, 5.74) is 0. The first-order valence-electron chi connectivity index (χ1n) is 6.37. The minimum Gasteiger partial charge on any atom is -0.382 e. The minimum absolute atomic E-state index is 0.0155. The molecule has 0 unspecified atom stereocenters. The van der Waals surface area contributed by atoms with E-state index < -0.39 is 0 Å². The Bertz CT molecular complexity index is 293. The third-order valence-electron chi connectivity index (χ3n) is 2.99. The summed E-state index contributed by atoms with van der Waals surface area (Å²) in [6.07, 6.45) is 1.51. The van der Waals surface area contributed by atoms with E-state index in [2.05, 4.69) is 5.32 Å². The number of alkyl halides is 1. The molecule has 0 aliphatic carbocycles. The monoisotopic (exact) mass is 292 g/mol. The lowest BCUT2D eigenvalue weighted by atomic mass is 10.1. The van der Waals surface area contributed by atoms with E-state index >= 15 is 0 Å². The van der Waals surface area contributed by atoms with Gasteiger partial charge < -0.3 is 19.7 Å². The van der Waals surface area contributed by atoms with Crippen molar-refractivity contribution < 1.29 is 19.1 Å². The summed E-state index contributed by atoms with van der Waals surface area (Å²) in [5, 5.41) is 2.83. The topological polar surface area (TPSA) is 67.9 Å². The molecule has 1 aliphatic rings. The van der Waals surface area contributed by atoms with E-state index in [-0.39, 0.29) is 30.3 Å². The number of nitrogens with zero attached hydrogens (tertiary/aromatic N) is 1. The van der Waals surface area contributed by atoms with E-state index in [4.69, 9.17) is 21.1 Å². The van der Waals surface area contributed by atoms with Gasteiger partial charge in [-0.3, -0.25) is 9.59 Å². The fraction of sp³-hybridized carbons (Fsp3) is 0.833. The molecule has 1 aliphatic heterocycles. The van der Waals surface area contributed by atoms with Gasteiger partial charge in [-0.05, 0) is 12.8 Å². The van der Waals surface area contributed by atoms with Gasteiger partial charge in [0.2, 0.25) is 11.8 Å². The number of rotatable bonds is 7. The van der Waals surface area contributed by atoms with E-state index in [1.165, 1.54) is 0 Å². The number of carbonyl (C=O) groups is 2.